The zero-order valence-corrected chi connectivity index (χ0v) is 8.28. The number of hydrogen-bond donors (Lipinski definition) is 2. The normalized spacial score (nSPS) is 48.9. The molecule has 0 radical (unpaired) electrons. The number of ether oxygens (including phenoxy) is 2. The van der Waals surface area contributed by atoms with Gasteiger partial charge in [0.15, 0.2) is 5.79 Å². The maximum absolute atomic E-state index is 9.66. The molecule has 4 nitrogen and oxygen atoms in total. The largest absolute Gasteiger partial charge is 0.389 e. The average Bonchev–Trinajstić information content (AvgIpc) is 2.35. The van der Waals surface area contributed by atoms with Crippen LogP contribution >= 0.6 is 0 Å². The van der Waals surface area contributed by atoms with E-state index in [1.54, 1.807) is 0 Å². The molecule has 2 aliphatic heterocycles. The van der Waals surface area contributed by atoms with Gasteiger partial charge in [-0.25, -0.2) is 0 Å². The molecule has 4 atom stereocenters. The third-order valence-electron chi connectivity index (χ3n) is 2.68. The number of rotatable bonds is 0. The van der Waals surface area contributed by atoms with E-state index in [9.17, 15) is 5.11 Å². The van der Waals surface area contributed by atoms with Crippen LogP contribution in [0.5, 0.6) is 0 Å². The van der Waals surface area contributed by atoms with Crippen molar-refractivity contribution in [2.75, 3.05) is 6.54 Å². The number of aliphatic hydroxyl groups is 1. The van der Waals surface area contributed by atoms with E-state index < -0.39 is 11.9 Å². The van der Waals surface area contributed by atoms with Crippen molar-refractivity contribution in [1.29, 1.82) is 0 Å². The van der Waals surface area contributed by atoms with Crippen LogP contribution in [0, 0.1) is 0 Å². The zero-order chi connectivity index (χ0) is 9.64. The highest BCUT2D eigenvalue weighted by Gasteiger charge is 2.49. The summed E-state index contributed by atoms with van der Waals surface area (Å²) in [5.41, 5.74) is 0. The summed E-state index contributed by atoms with van der Waals surface area (Å²) in [7, 11) is 0. The third-order valence-corrected chi connectivity index (χ3v) is 2.68. The summed E-state index contributed by atoms with van der Waals surface area (Å²) in [6, 6.07) is 0.246. The summed E-state index contributed by atoms with van der Waals surface area (Å²) in [6.45, 7) is 6.39. The van der Waals surface area contributed by atoms with Gasteiger partial charge in [-0.15, -0.1) is 0 Å². The van der Waals surface area contributed by atoms with Gasteiger partial charge >= 0.3 is 0 Å². The fourth-order valence-corrected chi connectivity index (χ4v) is 2.04. The maximum Gasteiger partial charge on any atom is 0.163 e. The van der Waals surface area contributed by atoms with Crippen molar-refractivity contribution in [2.24, 2.45) is 0 Å². The van der Waals surface area contributed by atoms with Crippen molar-refractivity contribution in [3.8, 4) is 0 Å². The van der Waals surface area contributed by atoms with Gasteiger partial charge in [0, 0.05) is 12.6 Å². The van der Waals surface area contributed by atoms with E-state index in [1.165, 1.54) is 0 Å². The Labute approximate surface area is 78.2 Å². The average molecular weight is 187 g/mol. The van der Waals surface area contributed by atoms with Gasteiger partial charge in [-0.1, -0.05) is 0 Å². The monoisotopic (exact) mass is 187 g/mol. The van der Waals surface area contributed by atoms with Gasteiger partial charge in [0.1, 0.15) is 12.2 Å². The molecule has 0 spiro atoms. The molecule has 2 fully saturated rings. The maximum atomic E-state index is 9.66. The molecule has 2 N–H and O–H groups in total. The van der Waals surface area contributed by atoms with Gasteiger partial charge in [-0.05, 0) is 20.8 Å². The molecule has 0 aromatic heterocycles. The van der Waals surface area contributed by atoms with Crippen molar-refractivity contribution >= 4 is 0 Å². The van der Waals surface area contributed by atoms with E-state index in [0.717, 1.165) is 0 Å². The summed E-state index contributed by atoms with van der Waals surface area (Å²) in [5, 5.41) is 12.8. The van der Waals surface area contributed by atoms with Crippen molar-refractivity contribution in [3.63, 3.8) is 0 Å². The lowest BCUT2D eigenvalue weighted by Crippen LogP contribution is -2.57. The molecular weight excluding hydrogens is 170 g/mol. The minimum Gasteiger partial charge on any atom is -0.389 e. The first kappa shape index (κ1) is 9.40. The van der Waals surface area contributed by atoms with E-state index in [0.29, 0.717) is 6.54 Å². The molecule has 0 amide bonds. The molecule has 2 rings (SSSR count). The van der Waals surface area contributed by atoms with Gasteiger partial charge in [-0.3, -0.25) is 0 Å². The fourth-order valence-electron chi connectivity index (χ4n) is 2.04. The molecule has 0 aromatic rings. The van der Waals surface area contributed by atoms with Crippen molar-refractivity contribution < 1.29 is 14.6 Å². The SMILES string of the molecule is C[C@H]1NC[C@H](O)[C@H]2OC(C)(C)O[C@H]21. The Balaban J connectivity index is 2.14. The van der Waals surface area contributed by atoms with Crippen LogP contribution in [-0.4, -0.2) is 41.8 Å². The lowest BCUT2D eigenvalue weighted by molar-refractivity contribution is -0.153. The molecule has 13 heavy (non-hydrogen) atoms. The summed E-state index contributed by atoms with van der Waals surface area (Å²) in [6.07, 6.45) is -0.659. The van der Waals surface area contributed by atoms with E-state index in [1.807, 2.05) is 20.8 Å². The summed E-state index contributed by atoms with van der Waals surface area (Å²) in [4.78, 5) is 0. The molecule has 2 saturated heterocycles. The minimum absolute atomic E-state index is 0.0289. The second kappa shape index (κ2) is 2.92. The highest BCUT2D eigenvalue weighted by molar-refractivity contribution is 4.96. The third kappa shape index (κ3) is 1.59. The van der Waals surface area contributed by atoms with E-state index in [4.69, 9.17) is 9.47 Å². The van der Waals surface area contributed by atoms with Crippen LogP contribution in [0.2, 0.25) is 0 Å². The van der Waals surface area contributed by atoms with Crippen molar-refractivity contribution in [2.45, 2.75) is 50.9 Å². The molecule has 0 aromatic carbocycles. The number of β-amino-alcohol motifs (C(OH)–C–C–N with tert-alkyl or cyclic N) is 1. The Kier molecular flexibility index (Phi) is 2.11. The first-order valence-electron chi connectivity index (χ1n) is 4.77. The van der Waals surface area contributed by atoms with Gasteiger partial charge in [0.2, 0.25) is 0 Å². The number of aliphatic hydroxyl groups excluding tert-OH is 1. The second-order valence-corrected chi connectivity index (χ2v) is 4.33. The lowest BCUT2D eigenvalue weighted by Gasteiger charge is -2.33. The van der Waals surface area contributed by atoms with Gasteiger partial charge in [-0.2, -0.15) is 0 Å². The molecule has 0 saturated carbocycles. The molecule has 2 heterocycles. The summed E-state index contributed by atoms with van der Waals surface area (Å²) < 4.78 is 11.3. The molecular formula is C9H17NO3. The first-order chi connectivity index (χ1) is 5.99. The standard InChI is InChI=1S/C9H17NO3/c1-5-7-8(6(11)4-10-5)13-9(2,3)12-7/h5-8,10-11H,4H2,1-3H3/t5-,6+,7+,8-/m1/s1. The van der Waals surface area contributed by atoms with Gasteiger partial charge < -0.3 is 19.9 Å². The highest BCUT2D eigenvalue weighted by atomic mass is 16.8. The van der Waals surface area contributed by atoms with Crippen molar-refractivity contribution in [1.82, 2.24) is 5.32 Å². The molecule has 0 bridgehead atoms. The summed E-state index contributed by atoms with van der Waals surface area (Å²) in [5.74, 6) is -0.559. The van der Waals surface area contributed by atoms with Crippen molar-refractivity contribution in [3.05, 3.63) is 0 Å². The Morgan fingerprint density at radius 2 is 1.92 bits per heavy atom. The lowest BCUT2D eigenvalue weighted by atomic mass is 9.98. The molecule has 76 valence electrons. The van der Waals surface area contributed by atoms with Gasteiger partial charge in [0.05, 0.1) is 6.10 Å². The summed E-state index contributed by atoms with van der Waals surface area (Å²) >= 11 is 0. The topological polar surface area (TPSA) is 50.7 Å². The van der Waals surface area contributed by atoms with Crippen LogP contribution in [0.4, 0.5) is 0 Å². The van der Waals surface area contributed by atoms with E-state index in [-0.39, 0.29) is 18.2 Å². The van der Waals surface area contributed by atoms with Crippen LogP contribution < -0.4 is 5.32 Å². The van der Waals surface area contributed by atoms with Gasteiger partial charge in [0.25, 0.3) is 0 Å². The Hall–Kier alpha value is -0.160. The number of piperidine rings is 1. The minimum atomic E-state index is -0.559. The van der Waals surface area contributed by atoms with Crippen LogP contribution in [0.3, 0.4) is 0 Å². The fraction of sp³-hybridized carbons (Fsp3) is 1.00. The van der Waals surface area contributed by atoms with E-state index in [2.05, 4.69) is 5.32 Å². The molecule has 0 aliphatic carbocycles. The van der Waals surface area contributed by atoms with Crippen LogP contribution in [0.15, 0.2) is 0 Å². The Morgan fingerprint density at radius 3 is 2.54 bits per heavy atom. The number of nitrogens with one attached hydrogen (secondary N) is 1. The van der Waals surface area contributed by atoms with Crippen LogP contribution in [0.25, 0.3) is 0 Å². The second-order valence-electron chi connectivity index (χ2n) is 4.33. The van der Waals surface area contributed by atoms with Crippen LogP contribution in [0.1, 0.15) is 20.8 Å². The zero-order valence-electron chi connectivity index (χ0n) is 8.28. The predicted octanol–water partition coefficient (Wildman–Crippen LogP) is -0.141. The molecule has 2 aliphatic rings. The highest BCUT2D eigenvalue weighted by Crippen LogP contribution is 2.33. The quantitative estimate of drug-likeness (QED) is 0.554. The molecule has 0 unspecified atom stereocenters. The molecule has 4 heteroatoms. The van der Waals surface area contributed by atoms with E-state index >= 15 is 0 Å². The Morgan fingerprint density at radius 1 is 1.31 bits per heavy atom. The number of fused-ring (bicyclic) bond motifs is 1. The smallest absolute Gasteiger partial charge is 0.163 e. The van der Waals surface area contributed by atoms with Crippen LogP contribution in [-0.2, 0) is 9.47 Å². The Bertz CT molecular complexity index is 187. The predicted molar refractivity (Wildman–Crippen MR) is 47.3 cm³/mol. The first-order valence-corrected chi connectivity index (χ1v) is 4.77. The number of hydrogen-bond acceptors (Lipinski definition) is 4.